The summed E-state index contributed by atoms with van der Waals surface area (Å²) >= 11 is 6.39. The lowest BCUT2D eigenvalue weighted by Gasteiger charge is -2.34. The quantitative estimate of drug-likeness (QED) is 0.409. The highest BCUT2D eigenvalue weighted by Gasteiger charge is 2.25. The average Bonchev–Trinajstić information content (AvgIpc) is 2.87. The smallest absolute Gasteiger partial charge is 0.263 e. The minimum absolute atomic E-state index is 0. The highest BCUT2D eigenvalue weighted by atomic mass is 35.5. The number of carbonyl (C=O) groups excluding carboxylic acids is 1. The Balaban J connectivity index is 0.00000320. The van der Waals surface area contributed by atoms with Crippen molar-refractivity contribution in [2.45, 2.75) is 31.5 Å². The van der Waals surface area contributed by atoms with Gasteiger partial charge in [-0.2, -0.15) is 0 Å². The number of rotatable bonds is 7. The Morgan fingerprint density at radius 3 is 2.89 bits per heavy atom. The summed E-state index contributed by atoms with van der Waals surface area (Å²) < 4.78 is 25.0. The Kier molecular flexibility index (Phi) is 8.66. The summed E-state index contributed by atoms with van der Waals surface area (Å²) in [7, 11) is 1.46. The fourth-order valence-corrected chi connectivity index (χ4v) is 4.97. The van der Waals surface area contributed by atoms with Crippen molar-refractivity contribution in [1.29, 1.82) is 0 Å². The molecule has 37 heavy (non-hydrogen) atoms. The van der Waals surface area contributed by atoms with Gasteiger partial charge in [0.15, 0.2) is 24.0 Å². The molecule has 0 radical (unpaired) electrons. The minimum atomic E-state index is -0.906. The van der Waals surface area contributed by atoms with Crippen LogP contribution in [0.25, 0.3) is 10.9 Å². The molecule has 12 heteroatoms. The van der Waals surface area contributed by atoms with Crippen molar-refractivity contribution in [3.8, 4) is 11.5 Å². The highest BCUT2D eigenvalue weighted by Crippen LogP contribution is 2.34. The number of carbonyl (C=O) groups is 1. The zero-order valence-electron chi connectivity index (χ0n) is 20.2. The first-order chi connectivity index (χ1) is 17.4. The normalized spacial score (nSPS) is 16.9. The van der Waals surface area contributed by atoms with E-state index in [2.05, 4.69) is 25.5 Å². The fourth-order valence-electron chi connectivity index (χ4n) is 4.69. The van der Waals surface area contributed by atoms with Crippen LogP contribution in [0.2, 0.25) is 5.02 Å². The lowest BCUT2D eigenvalue weighted by Crippen LogP contribution is -2.43. The number of nitrogens with zero attached hydrogens (tertiary/aromatic N) is 3. The van der Waals surface area contributed by atoms with E-state index in [9.17, 15) is 14.3 Å². The van der Waals surface area contributed by atoms with Crippen molar-refractivity contribution in [1.82, 2.24) is 20.2 Å². The summed E-state index contributed by atoms with van der Waals surface area (Å²) in [6, 6.07) is 6.91. The number of amides is 1. The van der Waals surface area contributed by atoms with Crippen molar-refractivity contribution in [3.05, 3.63) is 52.6 Å². The molecular weight excluding hydrogens is 524 g/mol. The first-order valence-corrected chi connectivity index (χ1v) is 12.2. The predicted octanol–water partition coefficient (Wildman–Crippen LogP) is 3.47. The van der Waals surface area contributed by atoms with Gasteiger partial charge in [0.2, 0.25) is 0 Å². The van der Waals surface area contributed by atoms with Crippen LogP contribution in [0.15, 0.2) is 30.5 Å². The lowest BCUT2D eigenvalue weighted by molar-refractivity contribution is -0.118. The molecule has 5 rings (SSSR count). The summed E-state index contributed by atoms with van der Waals surface area (Å²) in [4.78, 5) is 22.3. The maximum absolute atomic E-state index is 14.5. The molecule has 1 amide bonds. The minimum Gasteiger partial charge on any atom is -0.497 e. The number of hydrogen-bond acceptors (Lipinski definition) is 8. The summed E-state index contributed by atoms with van der Waals surface area (Å²) in [6.07, 6.45) is 2.26. The molecule has 2 aliphatic heterocycles. The monoisotopic (exact) mass is 551 g/mol. The number of pyridine rings is 2. The third kappa shape index (κ3) is 6.05. The van der Waals surface area contributed by atoms with Gasteiger partial charge in [-0.05, 0) is 44.1 Å². The number of aromatic nitrogens is 2. The number of aliphatic hydroxyl groups is 1. The van der Waals surface area contributed by atoms with E-state index in [1.807, 2.05) is 12.1 Å². The summed E-state index contributed by atoms with van der Waals surface area (Å²) in [5, 5.41) is 18.0. The van der Waals surface area contributed by atoms with E-state index < -0.39 is 11.9 Å². The molecule has 2 aromatic heterocycles. The average molecular weight is 552 g/mol. The van der Waals surface area contributed by atoms with Gasteiger partial charge in [0.05, 0.1) is 23.9 Å². The molecule has 198 valence electrons. The standard InChI is InChI=1S/C25H27ClFN5O4.ClH/c1-35-16-8-17-23(18(26)11-29-24(17)19(27)9-16)20(33)12-32-6-4-14(5-7-32)28-10-15-2-3-21-25(30-15)31-22(34)13-36-21;/h2-3,8-9,11,14,20,28,33H,4-7,10,12-13H2,1H3,(H,30,31,34);1H/t20-;/m1./s1. The molecule has 0 bridgehead atoms. The lowest BCUT2D eigenvalue weighted by atomic mass is 10.0. The summed E-state index contributed by atoms with van der Waals surface area (Å²) in [5.74, 6) is 0.639. The van der Waals surface area contributed by atoms with Crippen LogP contribution in [-0.4, -0.2) is 65.3 Å². The highest BCUT2D eigenvalue weighted by molar-refractivity contribution is 6.32. The van der Waals surface area contributed by atoms with E-state index in [0.29, 0.717) is 52.4 Å². The number of hydrogen-bond donors (Lipinski definition) is 3. The van der Waals surface area contributed by atoms with Crippen molar-refractivity contribution >= 4 is 46.6 Å². The number of benzene rings is 1. The summed E-state index contributed by atoms with van der Waals surface area (Å²) in [5.41, 5.74) is 1.42. The van der Waals surface area contributed by atoms with Crippen molar-refractivity contribution < 1.29 is 23.8 Å². The molecule has 9 nitrogen and oxygen atoms in total. The van der Waals surface area contributed by atoms with Crippen LogP contribution in [0.3, 0.4) is 0 Å². The molecule has 4 heterocycles. The van der Waals surface area contributed by atoms with Crippen LogP contribution in [0, 0.1) is 5.82 Å². The van der Waals surface area contributed by atoms with E-state index >= 15 is 0 Å². The second-order valence-electron chi connectivity index (χ2n) is 8.98. The number of nitrogens with one attached hydrogen (secondary N) is 2. The van der Waals surface area contributed by atoms with Crippen LogP contribution >= 0.6 is 24.0 Å². The van der Waals surface area contributed by atoms with Gasteiger partial charge in [-0.25, -0.2) is 9.37 Å². The Morgan fingerprint density at radius 1 is 1.35 bits per heavy atom. The Hall–Kier alpha value is -2.76. The van der Waals surface area contributed by atoms with Gasteiger partial charge in [0.25, 0.3) is 5.91 Å². The first kappa shape index (κ1) is 27.3. The number of ether oxygens (including phenoxy) is 2. The van der Waals surface area contributed by atoms with E-state index in [1.165, 1.54) is 19.4 Å². The number of halogens is 3. The van der Waals surface area contributed by atoms with Gasteiger partial charge in [0, 0.05) is 42.3 Å². The predicted molar refractivity (Wildman–Crippen MR) is 140 cm³/mol. The molecule has 1 fully saturated rings. The summed E-state index contributed by atoms with van der Waals surface area (Å²) in [6.45, 7) is 2.52. The van der Waals surface area contributed by atoms with Gasteiger partial charge >= 0.3 is 0 Å². The van der Waals surface area contributed by atoms with Crippen LogP contribution in [0.4, 0.5) is 10.2 Å². The fraction of sp³-hybridized carbons (Fsp3) is 0.400. The number of β-amino-alcohol motifs (C(OH)–C–C–N with tert-alkyl or cyclic N) is 1. The molecule has 0 unspecified atom stereocenters. The number of aliphatic hydroxyl groups excluding tert-OH is 1. The Morgan fingerprint density at radius 2 is 2.14 bits per heavy atom. The van der Waals surface area contributed by atoms with Gasteiger partial charge in [-0.3, -0.25) is 9.78 Å². The molecule has 1 aromatic carbocycles. The topological polar surface area (TPSA) is 109 Å². The van der Waals surface area contributed by atoms with Crippen LogP contribution < -0.4 is 20.1 Å². The van der Waals surface area contributed by atoms with Gasteiger partial charge in [0.1, 0.15) is 11.3 Å². The van der Waals surface area contributed by atoms with Crippen LogP contribution in [-0.2, 0) is 11.3 Å². The molecule has 1 saturated heterocycles. The SMILES string of the molecule is COc1cc(F)c2ncc(Cl)c([C@H](O)CN3CCC(NCc4ccc5c(n4)NC(=O)CO5)CC3)c2c1.Cl. The molecule has 0 saturated carbocycles. The Labute approximate surface area is 224 Å². The van der Waals surface area contributed by atoms with E-state index in [4.69, 9.17) is 21.1 Å². The van der Waals surface area contributed by atoms with Crippen LogP contribution in [0.1, 0.15) is 30.2 Å². The largest absolute Gasteiger partial charge is 0.497 e. The van der Waals surface area contributed by atoms with Gasteiger partial charge in [-0.15, -0.1) is 12.4 Å². The number of piperidine rings is 1. The Bertz CT molecular complexity index is 1290. The molecule has 1 atom stereocenters. The molecule has 0 aliphatic carbocycles. The second-order valence-corrected chi connectivity index (χ2v) is 9.39. The molecule has 3 N–H and O–H groups in total. The maximum atomic E-state index is 14.5. The molecule has 3 aromatic rings. The molecule has 0 spiro atoms. The second kappa shape index (κ2) is 11.7. The van der Waals surface area contributed by atoms with Crippen LogP contribution in [0.5, 0.6) is 11.5 Å². The maximum Gasteiger partial charge on any atom is 0.263 e. The number of fused-ring (bicyclic) bond motifs is 2. The zero-order chi connectivity index (χ0) is 25.2. The number of likely N-dealkylation sites (tertiary alicyclic amines) is 1. The molecular formula is C25H28Cl2FN5O4. The third-order valence-electron chi connectivity index (χ3n) is 6.58. The van der Waals surface area contributed by atoms with Crippen molar-refractivity contribution in [2.24, 2.45) is 0 Å². The van der Waals surface area contributed by atoms with Gasteiger partial charge < -0.3 is 30.1 Å². The third-order valence-corrected chi connectivity index (χ3v) is 6.88. The van der Waals surface area contributed by atoms with Crippen molar-refractivity contribution in [3.63, 3.8) is 0 Å². The van der Waals surface area contributed by atoms with E-state index in [-0.39, 0.29) is 30.4 Å². The van der Waals surface area contributed by atoms with Crippen molar-refractivity contribution in [2.75, 3.05) is 38.7 Å². The van der Waals surface area contributed by atoms with Gasteiger partial charge in [-0.1, -0.05) is 11.6 Å². The number of anilines is 1. The zero-order valence-corrected chi connectivity index (χ0v) is 21.7. The van der Waals surface area contributed by atoms with E-state index in [0.717, 1.165) is 31.6 Å². The van der Waals surface area contributed by atoms with E-state index in [1.54, 1.807) is 6.07 Å². The number of methoxy groups -OCH3 is 1. The molecule has 2 aliphatic rings. The first-order valence-electron chi connectivity index (χ1n) is 11.8.